The molecule has 21 heavy (non-hydrogen) atoms. The van der Waals surface area contributed by atoms with E-state index in [1.165, 1.54) is 17.2 Å². The molecule has 0 aliphatic carbocycles. The third-order valence-corrected chi connectivity index (χ3v) is 4.58. The van der Waals surface area contributed by atoms with Crippen LogP contribution in [0.3, 0.4) is 0 Å². The lowest BCUT2D eigenvalue weighted by Gasteiger charge is -2.20. The van der Waals surface area contributed by atoms with Gasteiger partial charge in [-0.1, -0.05) is 48.4 Å². The van der Waals surface area contributed by atoms with Gasteiger partial charge in [0.1, 0.15) is 5.82 Å². The van der Waals surface area contributed by atoms with Crippen molar-refractivity contribution in [3.63, 3.8) is 0 Å². The van der Waals surface area contributed by atoms with Crippen LogP contribution in [0.2, 0.25) is 5.02 Å². The fourth-order valence-corrected chi connectivity index (χ4v) is 2.91. The fourth-order valence-electron chi connectivity index (χ4n) is 2.42. The second kappa shape index (κ2) is 7.39. The Bertz CT molecular complexity index is 630. The van der Waals surface area contributed by atoms with Crippen molar-refractivity contribution in [1.29, 1.82) is 0 Å². The lowest BCUT2D eigenvalue weighted by Crippen LogP contribution is -2.24. The van der Waals surface area contributed by atoms with Crippen molar-refractivity contribution in [3.8, 4) is 0 Å². The van der Waals surface area contributed by atoms with Crippen molar-refractivity contribution in [2.45, 2.75) is 26.3 Å². The van der Waals surface area contributed by atoms with E-state index >= 15 is 0 Å². The molecule has 1 N–H and O–H groups in total. The molecule has 0 saturated heterocycles. The van der Waals surface area contributed by atoms with Gasteiger partial charge in [0.05, 0.1) is 5.02 Å². The number of rotatable bonds is 5. The lowest BCUT2D eigenvalue weighted by molar-refractivity contribution is 0.509. The van der Waals surface area contributed by atoms with Gasteiger partial charge in [-0.3, -0.25) is 0 Å². The molecule has 0 aromatic heterocycles. The topological polar surface area (TPSA) is 12.0 Å². The third kappa shape index (κ3) is 4.29. The van der Waals surface area contributed by atoms with E-state index < -0.39 is 0 Å². The van der Waals surface area contributed by atoms with Gasteiger partial charge in [0, 0.05) is 16.1 Å². The van der Waals surface area contributed by atoms with Crippen LogP contribution < -0.4 is 5.32 Å². The van der Waals surface area contributed by atoms with Crippen LogP contribution in [0.1, 0.15) is 29.7 Å². The predicted molar refractivity (Wildman–Crippen MR) is 90.4 cm³/mol. The number of halogens is 3. The molecule has 2 aromatic rings. The summed E-state index contributed by atoms with van der Waals surface area (Å²) in [5, 5.41) is 3.87. The van der Waals surface area contributed by atoms with Crippen LogP contribution in [-0.4, -0.2) is 6.54 Å². The Kier molecular flexibility index (Phi) is 5.80. The van der Waals surface area contributed by atoms with Gasteiger partial charge in [-0.25, -0.2) is 4.39 Å². The normalized spacial score (nSPS) is 12.4. The number of likely N-dealkylation sites (N-methyl/N-ethyl adjacent to an activating group) is 1. The van der Waals surface area contributed by atoms with Gasteiger partial charge in [0.25, 0.3) is 0 Å². The van der Waals surface area contributed by atoms with E-state index in [4.69, 9.17) is 11.6 Å². The Labute approximate surface area is 138 Å². The van der Waals surface area contributed by atoms with Crippen molar-refractivity contribution in [3.05, 3.63) is 68.4 Å². The van der Waals surface area contributed by atoms with Crippen LogP contribution in [0, 0.1) is 12.7 Å². The van der Waals surface area contributed by atoms with Crippen molar-refractivity contribution < 1.29 is 4.39 Å². The van der Waals surface area contributed by atoms with Crippen LogP contribution in [0.5, 0.6) is 0 Å². The summed E-state index contributed by atoms with van der Waals surface area (Å²) in [4.78, 5) is 0. The van der Waals surface area contributed by atoms with Crippen LogP contribution in [0.15, 0.2) is 40.9 Å². The summed E-state index contributed by atoms with van der Waals surface area (Å²) in [7, 11) is 0. The molecule has 0 amide bonds. The highest BCUT2D eigenvalue weighted by molar-refractivity contribution is 9.10. The van der Waals surface area contributed by atoms with Gasteiger partial charge >= 0.3 is 0 Å². The van der Waals surface area contributed by atoms with E-state index in [2.05, 4.69) is 46.4 Å². The van der Waals surface area contributed by atoms with Crippen LogP contribution in [0.25, 0.3) is 0 Å². The number of hydrogen-bond donors (Lipinski definition) is 1. The van der Waals surface area contributed by atoms with Gasteiger partial charge < -0.3 is 5.32 Å². The largest absolute Gasteiger partial charge is 0.310 e. The van der Waals surface area contributed by atoms with Crippen molar-refractivity contribution in [2.24, 2.45) is 0 Å². The van der Waals surface area contributed by atoms with E-state index in [1.54, 1.807) is 6.07 Å². The first-order valence-corrected chi connectivity index (χ1v) is 8.11. The number of nitrogens with one attached hydrogen (secondary N) is 1. The first kappa shape index (κ1) is 16.5. The average Bonchev–Trinajstić information content (AvgIpc) is 2.42. The molecule has 1 unspecified atom stereocenters. The molecule has 2 aromatic carbocycles. The SMILES string of the molecule is CCNC(Cc1cccc(C)c1)c1cc(Cl)c(Br)cc1F. The number of hydrogen-bond acceptors (Lipinski definition) is 1. The molecule has 2 rings (SSSR count). The highest BCUT2D eigenvalue weighted by Crippen LogP contribution is 2.30. The molecule has 0 heterocycles. The molecule has 0 bridgehead atoms. The molecule has 0 spiro atoms. The highest BCUT2D eigenvalue weighted by atomic mass is 79.9. The Morgan fingerprint density at radius 3 is 2.71 bits per heavy atom. The van der Waals surface area contributed by atoms with Gasteiger partial charge in [-0.15, -0.1) is 0 Å². The summed E-state index contributed by atoms with van der Waals surface area (Å²) in [5.41, 5.74) is 2.99. The molecule has 0 radical (unpaired) electrons. The van der Waals surface area contributed by atoms with Gasteiger partial charge in [-0.05, 0) is 53.5 Å². The van der Waals surface area contributed by atoms with Crippen LogP contribution in [0.4, 0.5) is 4.39 Å². The molecule has 0 aliphatic heterocycles. The Balaban J connectivity index is 2.33. The average molecular weight is 371 g/mol. The quantitative estimate of drug-likeness (QED) is 0.691. The summed E-state index contributed by atoms with van der Waals surface area (Å²) < 4.78 is 14.8. The molecule has 0 aliphatic rings. The predicted octanol–water partition coefficient (Wildman–Crippen LogP) is 5.44. The first-order valence-electron chi connectivity index (χ1n) is 6.94. The molecule has 1 atom stereocenters. The standard InChI is InChI=1S/C17H18BrClFN/c1-3-21-17(8-12-6-4-5-11(2)7-12)13-9-15(19)14(18)10-16(13)20/h4-7,9-10,17,21H,3,8H2,1-2H3. The van der Waals surface area contributed by atoms with Gasteiger partial charge in [0.15, 0.2) is 0 Å². The fraction of sp³-hybridized carbons (Fsp3) is 0.294. The minimum Gasteiger partial charge on any atom is -0.310 e. The summed E-state index contributed by atoms with van der Waals surface area (Å²) in [6.07, 6.45) is 0.727. The van der Waals surface area contributed by atoms with Crippen molar-refractivity contribution in [1.82, 2.24) is 5.32 Å². The maximum Gasteiger partial charge on any atom is 0.129 e. The van der Waals surface area contributed by atoms with E-state index in [1.807, 2.05) is 13.0 Å². The monoisotopic (exact) mass is 369 g/mol. The van der Waals surface area contributed by atoms with Crippen molar-refractivity contribution >= 4 is 27.5 Å². The summed E-state index contributed by atoms with van der Waals surface area (Å²) in [6, 6.07) is 11.3. The molecule has 0 saturated carbocycles. The summed E-state index contributed by atoms with van der Waals surface area (Å²) >= 11 is 9.37. The summed E-state index contributed by atoms with van der Waals surface area (Å²) in [5.74, 6) is -0.245. The van der Waals surface area contributed by atoms with Crippen molar-refractivity contribution in [2.75, 3.05) is 6.54 Å². The van der Waals surface area contributed by atoms with Gasteiger partial charge in [0.2, 0.25) is 0 Å². The van der Waals surface area contributed by atoms with E-state index in [0.29, 0.717) is 15.1 Å². The maximum atomic E-state index is 14.3. The molecule has 4 heteroatoms. The second-order valence-corrected chi connectivity index (χ2v) is 6.35. The molecule has 1 nitrogen and oxygen atoms in total. The Morgan fingerprint density at radius 1 is 1.29 bits per heavy atom. The minimum absolute atomic E-state index is 0.0950. The third-order valence-electron chi connectivity index (χ3n) is 3.39. The molecular formula is C17H18BrClFN. The zero-order valence-electron chi connectivity index (χ0n) is 12.1. The van der Waals surface area contributed by atoms with Crippen LogP contribution >= 0.6 is 27.5 Å². The zero-order valence-corrected chi connectivity index (χ0v) is 14.4. The molecular weight excluding hydrogens is 353 g/mol. The summed E-state index contributed by atoms with van der Waals surface area (Å²) in [6.45, 7) is 4.84. The highest BCUT2D eigenvalue weighted by Gasteiger charge is 2.17. The molecule has 112 valence electrons. The minimum atomic E-state index is -0.245. The Hall–Kier alpha value is -0.900. The number of aryl methyl sites for hydroxylation is 1. The van der Waals surface area contributed by atoms with Gasteiger partial charge in [-0.2, -0.15) is 0 Å². The van der Waals surface area contributed by atoms with E-state index in [9.17, 15) is 4.39 Å². The second-order valence-electron chi connectivity index (χ2n) is 5.09. The van der Waals surface area contributed by atoms with E-state index in [-0.39, 0.29) is 11.9 Å². The van der Waals surface area contributed by atoms with Crippen LogP contribution in [-0.2, 0) is 6.42 Å². The Morgan fingerprint density at radius 2 is 2.05 bits per heavy atom. The first-order chi connectivity index (χ1) is 10.0. The smallest absolute Gasteiger partial charge is 0.129 e. The molecule has 0 fully saturated rings. The van der Waals surface area contributed by atoms with E-state index in [0.717, 1.165) is 13.0 Å². The zero-order chi connectivity index (χ0) is 15.4. The maximum absolute atomic E-state index is 14.3. The number of benzene rings is 2. The lowest BCUT2D eigenvalue weighted by atomic mass is 9.97.